The van der Waals surface area contributed by atoms with E-state index in [4.69, 9.17) is 0 Å². The third-order valence-electron chi connectivity index (χ3n) is 5.22. The first-order chi connectivity index (χ1) is 10.2. The smallest absolute Gasteiger partial charge is 0.0809 e. The van der Waals surface area contributed by atoms with Crippen LogP contribution in [-0.2, 0) is 0 Å². The Hall–Kier alpha value is -0.930. The minimum absolute atomic E-state index is 0.462. The van der Waals surface area contributed by atoms with E-state index in [9.17, 15) is 0 Å². The zero-order valence-electron chi connectivity index (χ0n) is 13.3. The van der Waals surface area contributed by atoms with E-state index in [1.807, 2.05) is 0 Å². The topological polar surface area (TPSA) is 24.9 Å². The molecule has 1 fully saturated rings. The molecule has 3 rings (SSSR count). The quantitative estimate of drug-likeness (QED) is 0.858. The van der Waals surface area contributed by atoms with Gasteiger partial charge in [0.05, 0.1) is 10.2 Å². The van der Waals surface area contributed by atoms with Gasteiger partial charge in [-0.25, -0.2) is 0 Å². The lowest BCUT2D eigenvalue weighted by atomic mass is 9.72. The summed E-state index contributed by atoms with van der Waals surface area (Å²) in [4.78, 5) is 4.64. The van der Waals surface area contributed by atoms with Gasteiger partial charge in [0.2, 0.25) is 0 Å². The van der Waals surface area contributed by atoms with Crippen LogP contribution in [-0.4, -0.2) is 11.5 Å². The van der Waals surface area contributed by atoms with Crippen molar-refractivity contribution in [2.24, 2.45) is 17.8 Å². The van der Waals surface area contributed by atoms with Crippen LogP contribution in [0, 0.1) is 17.8 Å². The number of hydrogen-bond acceptors (Lipinski definition) is 3. The Morgan fingerprint density at radius 3 is 2.95 bits per heavy atom. The van der Waals surface area contributed by atoms with Gasteiger partial charge in [-0.2, -0.15) is 0 Å². The maximum atomic E-state index is 4.64. The number of nitrogens with zero attached hydrogens (tertiary/aromatic N) is 1. The van der Waals surface area contributed by atoms with E-state index >= 15 is 0 Å². The fraction of sp³-hybridized carbons (Fsp3) is 0.611. The maximum absolute atomic E-state index is 4.64. The Bertz CT molecular complexity index is 592. The van der Waals surface area contributed by atoms with E-state index in [-0.39, 0.29) is 0 Å². The zero-order chi connectivity index (χ0) is 14.8. The average molecular weight is 302 g/mol. The number of aromatic nitrogens is 1. The molecule has 0 bridgehead atoms. The van der Waals surface area contributed by atoms with Crippen LogP contribution in [0.1, 0.15) is 51.6 Å². The molecule has 2 heterocycles. The minimum atomic E-state index is 0.462. The molecule has 0 spiro atoms. The molecule has 0 aromatic carbocycles. The van der Waals surface area contributed by atoms with Gasteiger partial charge >= 0.3 is 0 Å². The van der Waals surface area contributed by atoms with Gasteiger partial charge in [0, 0.05) is 12.2 Å². The third kappa shape index (κ3) is 3.14. The molecule has 1 saturated carbocycles. The number of hydrogen-bond donors (Lipinski definition) is 1. The van der Waals surface area contributed by atoms with Crippen LogP contribution in [0.15, 0.2) is 23.7 Å². The maximum Gasteiger partial charge on any atom is 0.0809 e. The molecule has 0 amide bonds. The zero-order valence-corrected chi connectivity index (χ0v) is 14.1. The summed E-state index contributed by atoms with van der Waals surface area (Å²) in [6.45, 7) is 8.05. The van der Waals surface area contributed by atoms with Gasteiger partial charge in [0.1, 0.15) is 0 Å². The van der Waals surface area contributed by atoms with Crippen LogP contribution in [0.4, 0.5) is 0 Å². The van der Waals surface area contributed by atoms with Gasteiger partial charge in [-0.05, 0) is 60.2 Å². The Morgan fingerprint density at radius 2 is 2.19 bits per heavy atom. The summed E-state index contributed by atoms with van der Waals surface area (Å²) in [5, 5.41) is 5.86. The molecule has 2 aromatic rings. The van der Waals surface area contributed by atoms with Crippen molar-refractivity contribution in [3.63, 3.8) is 0 Å². The molecule has 114 valence electrons. The van der Waals surface area contributed by atoms with E-state index in [1.165, 1.54) is 29.5 Å². The highest BCUT2D eigenvalue weighted by Gasteiger charge is 2.30. The molecule has 2 aromatic heterocycles. The van der Waals surface area contributed by atoms with Crippen molar-refractivity contribution in [3.05, 3.63) is 29.3 Å². The van der Waals surface area contributed by atoms with Gasteiger partial charge in [0.15, 0.2) is 0 Å². The van der Waals surface area contributed by atoms with E-state index in [0.29, 0.717) is 6.04 Å². The van der Waals surface area contributed by atoms with Crippen molar-refractivity contribution in [1.82, 2.24) is 10.3 Å². The molecule has 2 nitrogen and oxygen atoms in total. The number of thiophene rings is 1. The molecular formula is C18H26N2S. The summed E-state index contributed by atoms with van der Waals surface area (Å²) >= 11 is 1.79. The van der Waals surface area contributed by atoms with E-state index in [2.05, 4.69) is 54.8 Å². The number of rotatable bonds is 4. The van der Waals surface area contributed by atoms with Crippen molar-refractivity contribution in [2.75, 3.05) is 6.54 Å². The van der Waals surface area contributed by atoms with E-state index in [0.717, 1.165) is 29.8 Å². The van der Waals surface area contributed by atoms with Crippen LogP contribution in [0.5, 0.6) is 0 Å². The first-order valence-electron chi connectivity index (χ1n) is 8.25. The second-order valence-electron chi connectivity index (χ2n) is 6.64. The molecule has 1 aliphatic rings. The molecular weight excluding hydrogens is 276 g/mol. The van der Waals surface area contributed by atoms with Crippen LogP contribution < -0.4 is 5.32 Å². The highest BCUT2D eigenvalue weighted by molar-refractivity contribution is 7.17. The molecule has 0 saturated heterocycles. The first-order valence-corrected chi connectivity index (χ1v) is 9.13. The van der Waals surface area contributed by atoms with E-state index < -0.39 is 0 Å². The number of fused-ring (bicyclic) bond motifs is 1. The Kier molecular flexibility index (Phi) is 4.60. The summed E-state index contributed by atoms with van der Waals surface area (Å²) in [6.07, 6.45) is 6.13. The lowest BCUT2D eigenvalue weighted by molar-refractivity contribution is 0.172. The summed E-state index contributed by atoms with van der Waals surface area (Å²) in [5.74, 6) is 2.46. The Morgan fingerprint density at radius 1 is 1.33 bits per heavy atom. The average Bonchev–Trinajstić information content (AvgIpc) is 2.95. The monoisotopic (exact) mass is 302 g/mol. The fourth-order valence-electron chi connectivity index (χ4n) is 3.70. The van der Waals surface area contributed by atoms with Crippen molar-refractivity contribution in [3.8, 4) is 0 Å². The van der Waals surface area contributed by atoms with Crippen molar-refractivity contribution >= 4 is 21.6 Å². The van der Waals surface area contributed by atoms with Gasteiger partial charge < -0.3 is 5.32 Å². The number of nitrogens with one attached hydrogen (secondary N) is 1. The second kappa shape index (κ2) is 6.45. The molecule has 0 radical (unpaired) electrons. The number of pyridine rings is 1. The van der Waals surface area contributed by atoms with Crippen molar-refractivity contribution in [2.45, 2.75) is 46.1 Å². The largest absolute Gasteiger partial charge is 0.310 e. The SMILES string of the molecule is CCNC(c1cnc2ccsc2c1)C1CCC(C)C(C)C1. The normalized spacial score (nSPS) is 27.9. The van der Waals surface area contributed by atoms with Crippen LogP contribution in [0.25, 0.3) is 10.2 Å². The predicted octanol–water partition coefficient (Wildman–Crippen LogP) is 5.02. The predicted molar refractivity (Wildman–Crippen MR) is 91.7 cm³/mol. The molecule has 4 unspecified atom stereocenters. The van der Waals surface area contributed by atoms with Crippen LogP contribution in [0.3, 0.4) is 0 Å². The lowest BCUT2D eigenvalue weighted by Gasteiger charge is -2.37. The van der Waals surface area contributed by atoms with Crippen molar-refractivity contribution in [1.29, 1.82) is 0 Å². The highest BCUT2D eigenvalue weighted by atomic mass is 32.1. The lowest BCUT2D eigenvalue weighted by Crippen LogP contribution is -2.33. The van der Waals surface area contributed by atoms with E-state index in [1.54, 1.807) is 11.3 Å². The standard InChI is InChI=1S/C18H26N2S/c1-4-19-18(14-6-5-12(2)13(3)9-14)15-10-17-16(20-11-15)7-8-21-17/h7-8,10-14,18-19H,4-6,9H2,1-3H3. The van der Waals surface area contributed by atoms with Gasteiger partial charge in [0.25, 0.3) is 0 Å². The van der Waals surface area contributed by atoms with Gasteiger partial charge in [-0.1, -0.05) is 27.2 Å². The molecule has 1 N–H and O–H groups in total. The summed E-state index contributed by atoms with van der Waals surface area (Å²) in [7, 11) is 0. The van der Waals surface area contributed by atoms with Gasteiger partial charge in [-0.3, -0.25) is 4.98 Å². The third-order valence-corrected chi connectivity index (χ3v) is 6.07. The Balaban J connectivity index is 1.86. The van der Waals surface area contributed by atoms with Crippen molar-refractivity contribution < 1.29 is 0 Å². The second-order valence-corrected chi connectivity index (χ2v) is 7.58. The van der Waals surface area contributed by atoms with Crippen LogP contribution in [0.2, 0.25) is 0 Å². The Labute approximate surface area is 132 Å². The summed E-state index contributed by atoms with van der Waals surface area (Å²) in [5.41, 5.74) is 2.50. The first kappa shape index (κ1) is 15.0. The fourth-order valence-corrected chi connectivity index (χ4v) is 4.49. The van der Waals surface area contributed by atoms with Gasteiger partial charge in [-0.15, -0.1) is 11.3 Å². The molecule has 21 heavy (non-hydrogen) atoms. The van der Waals surface area contributed by atoms with Crippen LogP contribution >= 0.6 is 11.3 Å². The minimum Gasteiger partial charge on any atom is -0.310 e. The molecule has 0 aliphatic heterocycles. The highest BCUT2D eigenvalue weighted by Crippen LogP contribution is 2.40. The summed E-state index contributed by atoms with van der Waals surface area (Å²) in [6, 6.07) is 4.92. The summed E-state index contributed by atoms with van der Waals surface area (Å²) < 4.78 is 1.31. The molecule has 4 atom stereocenters. The molecule has 3 heteroatoms. The molecule has 1 aliphatic carbocycles.